The number of nitrogens with zero attached hydrogens (tertiary/aromatic N) is 2. The normalized spacial score (nSPS) is 15.1. The molecule has 1 unspecified atom stereocenters. The standard InChI is InChI=1S/C54H36N2O2/c1-2-13-41(14-3-1)56-48-18-8-6-16-46(48)52-47-34-40(27-32-51(47)58-54(52)56)37-25-30-43(31-26-37)55(49-19-10-17-45-44-15-7-9-20-50(44)57-53(45)49)42-28-23-36(24-29-42)39-22-21-35-11-4-5-12-38(35)33-39/h1-32,34,38H,33H2. The van der Waals surface area contributed by atoms with E-state index in [1.54, 1.807) is 0 Å². The molecule has 2 aliphatic rings. The van der Waals surface area contributed by atoms with Crippen molar-refractivity contribution in [2.45, 2.75) is 6.42 Å². The molecule has 7 aromatic carbocycles. The molecule has 2 aliphatic carbocycles. The first kappa shape index (κ1) is 32.7. The van der Waals surface area contributed by atoms with Gasteiger partial charge in [-0.1, -0.05) is 134 Å². The summed E-state index contributed by atoms with van der Waals surface area (Å²) in [5.41, 5.74) is 15.1. The van der Waals surface area contributed by atoms with Gasteiger partial charge in [-0.25, -0.2) is 0 Å². The van der Waals surface area contributed by atoms with E-state index in [1.807, 2.05) is 18.2 Å². The van der Waals surface area contributed by atoms with E-state index in [-0.39, 0.29) is 0 Å². The molecule has 0 fully saturated rings. The van der Waals surface area contributed by atoms with Gasteiger partial charge in [-0.2, -0.15) is 0 Å². The van der Waals surface area contributed by atoms with Crippen LogP contribution in [0.5, 0.6) is 0 Å². The van der Waals surface area contributed by atoms with Crippen LogP contribution in [0.15, 0.2) is 215 Å². The third-order valence-corrected chi connectivity index (χ3v) is 12.0. The average molecular weight is 745 g/mol. The molecule has 0 saturated carbocycles. The van der Waals surface area contributed by atoms with Crippen molar-refractivity contribution < 1.29 is 8.83 Å². The minimum absolute atomic E-state index is 0.431. The molecule has 0 aliphatic heterocycles. The van der Waals surface area contributed by atoms with Crippen LogP contribution in [0.1, 0.15) is 12.0 Å². The maximum Gasteiger partial charge on any atom is 0.213 e. The first-order valence-corrected chi connectivity index (χ1v) is 19.9. The second-order valence-corrected chi connectivity index (χ2v) is 15.3. The highest BCUT2D eigenvalue weighted by Crippen LogP contribution is 2.44. The molecule has 0 saturated heterocycles. The summed E-state index contributed by atoms with van der Waals surface area (Å²) in [6, 6.07) is 58.2. The molecule has 274 valence electrons. The number of hydrogen-bond donors (Lipinski definition) is 0. The van der Waals surface area contributed by atoms with Gasteiger partial charge in [0.2, 0.25) is 5.71 Å². The van der Waals surface area contributed by atoms with E-state index >= 15 is 0 Å². The van der Waals surface area contributed by atoms with Crippen LogP contribution in [0.2, 0.25) is 0 Å². The van der Waals surface area contributed by atoms with E-state index in [1.165, 1.54) is 22.1 Å². The van der Waals surface area contributed by atoms with Gasteiger partial charge in [-0.15, -0.1) is 0 Å². The fourth-order valence-electron chi connectivity index (χ4n) is 9.15. The van der Waals surface area contributed by atoms with E-state index in [2.05, 4.69) is 192 Å². The highest BCUT2D eigenvalue weighted by atomic mass is 16.3. The molecule has 0 N–H and O–H groups in total. The topological polar surface area (TPSA) is 34.5 Å². The van der Waals surface area contributed by atoms with Crippen molar-refractivity contribution in [2.75, 3.05) is 4.90 Å². The number of para-hydroxylation sites is 4. The zero-order valence-electron chi connectivity index (χ0n) is 31.5. The number of anilines is 3. The highest BCUT2D eigenvalue weighted by molar-refractivity contribution is 6.20. The second kappa shape index (κ2) is 13.0. The zero-order valence-corrected chi connectivity index (χ0v) is 31.5. The lowest BCUT2D eigenvalue weighted by Crippen LogP contribution is -2.10. The van der Waals surface area contributed by atoms with Crippen molar-refractivity contribution in [1.82, 2.24) is 4.57 Å². The first-order chi connectivity index (χ1) is 28.7. The van der Waals surface area contributed by atoms with Gasteiger partial charge < -0.3 is 13.7 Å². The number of fused-ring (bicyclic) bond motifs is 9. The van der Waals surface area contributed by atoms with Crippen molar-refractivity contribution in [3.8, 4) is 16.8 Å². The Labute approximate surface area is 335 Å². The molecular weight excluding hydrogens is 709 g/mol. The molecule has 0 radical (unpaired) electrons. The minimum atomic E-state index is 0.431. The lowest BCUT2D eigenvalue weighted by molar-refractivity contribution is 0.645. The smallest absolute Gasteiger partial charge is 0.213 e. The largest absolute Gasteiger partial charge is 0.454 e. The maximum atomic E-state index is 6.63. The lowest BCUT2D eigenvalue weighted by Gasteiger charge is -2.26. The second-order valence-electron chi connectivity index (χ2n) is 15.3. The van der Waals surface area contributed by atoms with Crippen LogP contribution in [0, 0.1) is 5.92 Å². The van der Waals surface area contributed by atoms with Crippen LogP contribution in [0.25, 0.3) is 77.3 Å². The van der Waals surface area contributed by atoms with Crippen LogP contribution in [-0.4, -0.2) is 4.57 Å². The van der Waals surface area contributed by atoms with Crippen molar-refractivity contribution in [3.63, 3.8) is 0 Å². The van der Waals surface area contributed by atoms with E-state index in [0.29, 0.717) is 5.92 Å². The molecular formula is C54H36N2O2. The average Bonchev–Trinajstić information content (AvgIpc) is 3.96. The van der Waals surface area contributed by atoms with Crippen LogP contribution >= 0.6 is 0 Å². The summed E-state index contributed by atoms with van der Waals surface area (Å²) < 4.78 is 15.5. The Hall–Kier alpha value is -7.56. The van der Waals surface area contributed by atoms with Gasteiger partial charge in [0, 0.05) is 44.5 Å². The Balaban J connectivity index is 0.961. The fourth-order valence-corrected chi connectivity index (χ4v) is 9.15. The lowest BCUT2D eigenvalue weighted by atomic mass is 9.82. The monoisotopic (exact) mass is 744 g/mol. The highest BCUT2D eigenvalue weighted by Gasteiger charge is 2.23. The Morgan fingerprint density at radius 2 is 1.24 bits per heavy atom. The quantitative estimate of drug-likeness (QED) is 0.170. The zero-order chi connectivity index (χ0) is 38.2. The van der Waals surface area contributed by atoms with Crippen molar-refractivity contribution >= 4 is 77.5 Å². The summed E-state index contributed by atoms with van der Waals surface area (Å²) in [7, 11) is 0. The summed E-state index contributed by atoms with van der Waals surface area (Å²) >= 11 is 0. The van der Waals surface area contributed by atoms with Crippen molar-refractivity contribution in [1.29, 1.82) is 0 Å². The predicted molar refractivity (Wildman–Crippen MR) is 240 cm³/mol. The van der Waals surface area contributed by atoms with Crippen LogP contribution in [0.4, 0.5) is 17.1 Å². The van der Waals surface area contributed by atoms with Gasteiger partial charge >= 0.3 is 0 Å². The summed E-state index contributed by atoms with van der Waals surface area (Å²) in [6.45, 7) is 0. The van der Waals surface area contributed by atoms with Crippen LogP contribution in [-0.2, 0) is 0 Å². The van der Waals surface area contributed by atoms with Gasteiger partial charge in [0.15, 0.2) is 5.58 Å². The van der Waals surface area contributed by atoms with Crippen molar-refractivity contribution in [3.05, 3.63) is 211 Å². The third kappa shape index (κ3) is 5.15. The molecule has 0 bridgehead atoms. The van der Waals surface area contributed by atoms with Gasteiger partial charge in [0.1, 0.15) is 11.2 Å². The Morgan fingerprint density at radius 1 is 0.534 bits per heavy atom. The molecule has 3 heterocycles. The van der Waals surface area contributed by atoms with E-state index < -0.39 is 0 Å². The number of allylic oxidation sites excluding steroid dienone is 8. The molecule has 0 spiro atoms. The fraction of sp³-hybridized carbons (Fsp3) is 0.0370. The summed E-state index contributed by atoms with van der Waals surface area (Å²) in [5.74, 6) is 0.431. The number of hydrogen-bond acceptors (Lipinski definition) is 3. The Bertz CT molecular complexity index is 3350. The van der Waals surface area contributed by atoms with Crippen LogP contribution < -0.4 is 4.90 Å². The van der Waals surface area contributed by atoms with Gasteiger partial charge in [0.25, 0.3) is 0 Å². The molecule has 58 heavy (non-hydrogen) atoms. The predicted octanol–water partition coefficient (Wildman–Crippen LogP) is 15.0. The van der Waals surface area contributed by atoms with E-state index in [4.69, 9.17) is 8.83 Å². The molecule has 10 aromatic rings. The summed E-state index contributed by atoms with van der Waals surface area (Å²) in [6.07, 6.45) is 14.4. The third-order valence-electron chi connectivity index (χ3n) is 12.0. The maximum absolute atomic E-state index is 6.63. The van der Waals surface area contributed by atoms with Gasteiger partial charge in [-0.05, 0) is 101 Å². The van der Waals surface area contributed by atoms with Crippen LogP contribution in [0.3, 0.4) is 0 Å². The molecule has 1 atom stereocenters. The van der Waals surface area contributed by atoms with Gasteiger partial charge in [0.05, 0.1) is 16.6 Å². The van der Waals surface area contributed by atoms with Gasteiger partial charge in [-0.3, -0.25) is 4.57 Å². The van der Waals surface area contributed by atoms with Crippen molar-refractivity contribution in [2.24, 2.45) is 5.92 Å². The molecule has 4 nitrogen and oxygen atoms in total. The van der Waals surface area contributed by atoms with E-state index in [9.17, 15) is 0 Å². The molecule has 3 aromatic heterocycles. The minimum Gasteiger partial charge on any atom is -0.454 e. The SMILES string of the molecule is C1=CC2=CC=C(c3ccc(N(c4ccc(-c5ccc6oc7c(c6c5)c5ccccc5n7-c5ccccc5)cc4)c4cccc5c4oc4ccccc45)cc3)CC2C=C1. The number of aromatic nitrogens is 1. The summed E-state index contributed by atoms with van der Waals surface area (Å²) in [5, 5.41) is 5.64. The summed E-state index contributed by atoms with van der Waals surface area (Å²) in [4.78, 5) is 2.32. The molecule has 0 amide bonds. The Kier molecular flexibility index (Phi) is 7.32. The first-order valence-electron chi connectivity index (χ1n) is 19.9. The number of furan rings is 2. The molecule has 12 rings (SSSR count). The number of rotatable bonds is 6. The molecule has 4 heteroatoms. The number of benzene rings is 7. The van der Waals surface area contributed by atoms with E-state index in [0.717, 1.165) is 89.8 Å². The Morgan fingerprint density at radius 3 is 2.09 bits per heavy atom.